The zero-order valence-electron chi connectivity index (χ0n) is 20.6. The standard InChI is InChI=1S/C26H24N4O5S4/c31-22(28-29-23(32)14-37-25-27-17-6-3-4-7-20(17)38-25)8-2-1-5-11-30-24(33)21(39-26(30)36)13-16-9-10-18-19(12-16)35-15-34-18/h3-4,6-7,9-10,12-13H,1-2,5,8,11,14-15H2,(H,28,31)(H,29,32)/b21-13-. The summed E-state index contributed by atoms with van der Waals surface area (Å²) in [6.07, 6.45) is 4.16. The quantitative estimate of drug-likeness (QED) is 0.112. The number of aromatic nitrogens is 1. The minimum Gasteiger partial charge on any atom is -0.454 e. The summed E-state index contributed by atoms with van der Waals surface area (Å²) in [6, 6.07) is 13.3. The molecule has 1 aromatic heterocycles. The Morgan fingerprint density at radius 2 is 1.90 bits per heavy atom. The summed E-state index contributed by atoms with van der Waals surface area (Å²) in [5.74, 6) is 0.835. The average molecular weight is 601 g/mol. The molecule has 0 bridgehead atoms. The van der Waals surface area contributed by atoms with Crippen molar-refractivity contribution in [1.82, 2.24) is 20.7 Å². The highest BCUT2D eigenvalue weighted by Crippen LogP contribution is 2.36. The van der Waals surface area contributed by atoms with Crippen molar-refractivity contribution in [1.29, 1.82) is 0 Å². The molecule has 0 spiro atoms. The topological polar surface area (TPSA) is 110 Å². The van der Waals surface area contributed by atoms with Gasteiger partial charge in [-0.15, -0.1) is 11.3 Å². The number of ether oxygens (including phenoxy) is 2. The van der Waals surface area contributed by atoms with E-state index in [1.54, 1.807) is 11.0 Å². The Kier molecular flexibility index (Phi) is 9.02. The van der Waals surface area contributed by atoms with Crippen molar-refractivity contribution in [2.75, 3.05) is 19.1 Å². The minimum absolute atomic E-state index is 0.119. The molecule has 2 aliphatic rings. The van der Waals surface area contributed by atoms with E-state index in [4.69, 9.17) is 21.7 Å². The fourth-order valence-electron chi connectivity index (χ4n) is 3.86. The Bertz CT molecular complexity index is 1420. The summed E-state index contributed by atoms with van der Waals surface area (Å²) in [5, 5.41) is 0. The molecule has 2 aliphatic heterocycles. The van der Waals surface area contributed by atoms with Gasteiger partial charge in [-0.3, -0.25) is 30.1 Å². The summed E-state index contributed by atoms with van der Waals surface area (Å²) in [4.78, 5) is 43.7. The van der Waals surface area contributed by atoms with E-state index in [-0.39, 0.29) is 36.7 Å². The summed E-state index contributed by atoms with van der Waals surface area (Å²) >= 11 is 9.55. The van der Waals surface area contributed by atoms with Gasteiger partial charge in [0.15, 0.2) is 15.8 Å². The monoisotopic (exact) mass is 600 g/mol. The van der Waals surface area contributed by atoms with Crippen LogP contribution in [0.1, 0.15) is 31.2 Å². The van der Waals surface area contributed by atoms with Crippen molar-refractivity contribution in [2.24, 2.45) is 0 Å². The van der Waals surface area contributed by atoms with Gasteiger partial charge < -0.3 is 9.47 Å². The molecule has 2 N–H and O–H groups in total. The lowest BCUT2D eigenvalue weighted by Gasteiger charge is -2.14. The van der Waals surface area contributed by atoms with Crippen LogP contribution in [0.2, 0.25) is 0 Å². The van der Waals surface area contributed by atoms with E-state index in [1.807, 2.05) is 42.5 Å². The first-order chi connectivity index (χ1) is 19.0. The van der Waals surface area contributed by atoms with Crippen LogP contribution in [0, 0.1) is 0 Å². The number of hydrogen-bond acceptors (Lipinski definition) is 10. The van der Waals surface area contributed by atoms with E-state index >= 15 is 0 Å². The van der Waals surface area contributed by atoms with Crippen molar-refractivity contribution in [3.8, 4) is 11.5 Å². The van der Waals surface area contributed by atoms with Gasteiger partial charge in [-0.05, 0) is 48.7 Å². The summed E-state index contributed by atoms with van der Waals surface area (Å²) < 4.78 is 13.1. The van der Waals surface area contributed by atoms with E-state index in [1.165, 1.54) is 34.9 Å². The molecule has 0 unspecified atom stereocenters. The van der Waals surface area contributed by atoms with Gasteiger partial charge in [-0.2, -0.15) is 0 Å². The molecular weight excluding hydrogens is 577 g/mol. The van der Waals surface area contributed by atoms with Gasteiger partial charge >= 0.3 is 0 Å². The molecule has 39 heavy (non-hydrogen) atoms. The van der Waals surface area contributed by atoms with Crippen LogP contribution in [0.15, 0.2) is 51.7 Å². The Hall–Kier alpha value is -3.13. The third kappa shape index (κ3) is 7.10. The second kappa shape index (κ2) is 12.8. The normalized spacial score (nSPS) is 15.4. The predicted octanol–water partition coefficient (Wildman–Crippen LogP) is 4.73. The van der Waals surface area contributed by atoms with Gasteiger partial charge in [0.05, 0.1) is 20.9 Å². The molecule has 0 atom stereocenters. The maximum Gasteiger partial charge on any atom is 0.266 e. The van der Waals surface area contributed by atoms with E-state index in [2.05, 4.69) is 15.8 Å². The van der Waals surface area contributed by atoms with Crippen molar-refractivity contribution >= 4 is 85.4 Å². The minimum atomic E-state index is -0.296. The number of unbranched alkanes of at least 4 members (excludes halogenated alkanes) is 2. The molecule has 1 saturated heterocycles. The Morgan fingerprint density at radius 3 is 2.77 bits per heavy atom. The third-order valence-corrected chi connectivity index (χ3v) is 9.35. The number of hydrazine groups is 1. The van der Waals surface area contributed by atoms with Crippen molar-refractivity contribution in [3.05, 3.63) is 52.9 Å². The third-order valence-electron chi connectivity index (χ3n) is 5.80. The first-order valence-electron chi connectivity index (χ1n) is 12.2. The largest absolute Gasteiger partial charge is 0.454 e. The summed E-state index contributed by atoms with van der Waals surface area (Å²) in [7, 11) is 0. The fraction of sp³-hybridized carbons (Fsp3) is 0.269. The van der Waals surface area contributed by atoms with E-state index in [9.17, 15) is 14.4 Å². The lowest BCUT2D eigenvalue weighted by molar-refractivity contribution is -0.127. The van der Waals surface area contributed by atoms with Crippen LogP contribution in [-0.4, -0.2) is 51.0 Å². The fourth-order valence-corrected chi connectivity index (χ4v) is 7.03. The number of thiazole rings is 1. The zero-order valence-corrected chi connectivity index (χ0v) is 23.9. The highest BCUT2D eigenvalue weighted by atomic mass is 32.2. The van der Waals surface area contributed by atoms with Crippen LogP contribution >= 0.6 is 47.1 Å². The molecule has 13 heteroatoms. The molecule has 0 aliphatic carbocycles. The maximum absolute atomic E-state index is 12.8. The van der Waals surface area contributed by atoms with Crippen LogP contribution in [0.5, 0.6) is 11.5 Å². The lowest BCUT2D eigenvalue weighted by atomic mass is 10.1. The zero-order chi connectivity index (χ0) is 27.2. The Morgan fingerprint density at radius 1 is 1.08 bits per heavy atom. The predicted molar refractivity (Wildman–Crippen MR) is 158 cm³/mol. The number of rotatable bonds is 10. The van der Waals surface area contributed by atoms with E-state index in [0.29, 0.717) is 40.1 Å². The van der Waals surface area contributed by atoms with E-state index < -0.39 is 0 Å². The molecule has 3 aromatic rings. The van der Waals surface area contributed by atoms with Gasteiger partial charge in [0.25, 0.3) is 5.91 Å². The van der Waals surface area contributed by atoms with E-state index in [0.717, 1.165) is 26.5 Å². The summed E-state index contributed by atoms with van der Waals surface area (Å²) in [6.45, 7) is 0.687. The summed E-state index contributed by atoms with van der Waals surface area (Å²) in [5.41, 5.74) is 6.65. The van der Waals surface area contributed by atoms with Gasteiger partial charge in [-0.1, -0.05) is 60.4 Å². The first-order valence-corrected chi connectivity index (χ1v) is 15.2. The maximum atomic E-state index is 12.8. The van der Waals surface area contributed by atoms with Crippen LogP contribution in [0.4, 0.5) is 0 Å². The van der Waals surface area contributed by atoms with Crippen molar-refractivity contribution in [2.45, 2.75) is 30.0 Å². The van der Waals surface area contributed by atoms with Crippen LogP contribution < -0.4 is 20.3 Å². The number of fused-ring (bicyclic) bond motifs is 2. The molecule has 3 heterocycles. The number of amides is 3. The number of carbonyl (C=O) groups is 3. The number of hydrogen-bond donors (Lipinski definition) is 2. The molecule has 2 aromatic carbocycles. The first kappa shape index (κ1) is 27.4. The average Bonchev–Trinajstić information content (AvgIpc) is 3.64. The molecular formula is C26H24N4O5S4. The molecule has 3 amide bonds. The Labute approximate surface area is 242 Å². The number of nitrogens with one attached hydrogen (secondary N) is 2. The van der Waals surface area contributed by atoms with Gasteiger partial charge in [-0.25, -0.2) is 4.98 Å². The smallest absolute Gasteiger partial charge is 0.266 e. The molecule has 1 fully saturated rings. The number of benzene rings is 2. The number of thiocarbonyl (C=S) groups is 1. The Balaban J connectivity index is 0.971. The number of carbonyl (C=O) groups excluding carboxylic acids is 3. The van der Waals surface area contributed by atoms with Crippen LogP contribution in [0.3, 0.4) is 0 Å². The van der Waals surface area contributed by atoms with Gasteiger partial charge in [0.1, 0.15) is 4.32 Å². The van der Waals surface area contributed by atoms with Crippen molar-refractivity contribution < 1.29 is 23.9 Å². The number of nitrogens with zero attached hydrogens (tertiary/aromatic N) is 2. The molecule has 202 valence electrons. The second-order valence-corrected chi connectivity index (χ2v) is 12.5. The lowest BCUT2D eigenvalue weighted by Crippen LogP contribution is -2.42. The van der Waals surface area contributed by atoms with Gasteiger partial charge in [0.2, 0.25) is 18.6 Å². The highest BCUT2D eigenvalue weighted by molar-refractivity contribution is 8.26. The molecule has 0 saturated carbocycles. The number of para-hydroxylation sites is 1. The molecule has 5 rings (SSSR count). The van der Waals surface area contributed by atoms with Gasteiger partial charge in [0, 0.05) is 13.0 Å². The molecule has 9 nitrogen and oxygen atoms in total. The van der Waals surface area contributed by atoms with Crippen LogP contribution in [0.25, 0.3) is 16.3 Å². The second-order valence-electron chi connectivity index (χ2n) is 8.59. The SMILES string of the molecule is O=C(CCCCCN1C(=O)/C(=C/c2ccc3c(c2)OCO3)SC1=S)NNC(=O)CSc1nc2ccccc2s1. The van der Waals surface area contributed by atoms with Crippen molar-refractivity contribution in [3.63, 3.8) is 0 Å². The highest BCUT2D eigenvalue weighted by Gasteiger charge is 2.31. The molecule has 0 radical (unpaired) electrons. The number of thioether (sulfide) groups is 2. The van der Waals surface area contributed by atoms with Crippen LogP contribution in [-0.2, 0) is 14.4 Å².